The molecular formula is C14H19N3O2. The van der Waals surface area contributed by atoms with Crippen molar-refractivity contribution in [1.29, 1.82) is 0 Å². The van der Waals surface area contributed by atoms with Crippen molar-refractivity contribution in [3.63, 3.8) is 0 Å². The first kappa shape index (κ1) is 13.4. The predicted molar refractivity (Wildman–Crippen MR) is 73.1 cm³/mol. The molecule has 19 heavy (non-hydrogen) atoms. The topological polar surface area (TPSA) is 78.9 Å². The molecule has 1 aromatic carbocycles. The lowest BCUT2D eigenvalue weighted by molar-refractivity contribution is -0.133. The van der Waals surface area contributed by atoms with Gasteiger partial charge in [0, 0.05) is 19.5 Å². The second kappa shape index (κ2) is 5.30. The zero-order chi connectivity index (χ0) is 14.0. The molecule has 0 saturated heterocycles. The molecule has 2 unspecified atom stereocenters. The van der Waals surface area contributed by atoms with Gasteiger partial charge < -0.3 is 15.8 Å². The molecule has 1 aliphatic carbocycles. The van der Waals surface area contributed by atoms with Crippen molar-refractivity contribution in [1.82, 2.24) is 4.90 Å². The molecule has 0 radical (unpaired) electrons. The van der Waals surface area contributed by atoms with Gasteiger partial charge in [0.15, 0.2) is 0 Å². The summed E-state index contributed by atoms with van der Waals surface area (Å²) in [5.74, 6) is 0.189. The highest BCUT2D eigenvalue weighted by atomic mass is 16.4. The van der Waals surface area contributed by atoms with E-state index in [1.807, 2.05) is 25.1 Å². The molecule has 0 aromatic heterocycles. The molecule has 0 spiro atoms. The lowest BCUT2D eigenvalue weighted by Crippen LogP contribution is -2.43. The number of amides is 1. The van der Waals surface area contributed by atoms with Gasteiger partial charge >= 0.3 is 0 Å². The number of hydrogen-bond donors (Lipinski definition) is 2. The second-order valence-electron chi connectivity index (χ2n) is 5.05. The minimum absolute atomic E-state index is 0.0454. The quantitative estimate of drug-likeness (QED) is 0.371. The van der Waals surface area contributed by atoms with Crippen LogP contribution in [-0.4, -0.2) is 34.9 Å². The van der Waals surface area contributed by atoms with E-state index in [9.17, 15) is 4.79 Å². The van der Waals surface area contributed by atoms with E-state index in [0.717, 1.165) is 12.0 Å². The van der Waals surface area contributed by atoms with E-state index in [1.54, 1.807) is 11.9 Å². The minimum Gasteiger partial charge on any atom is -0.409 e. The zero-order valence-corrected chi connectivity index (χ0v) is 11.2. The summed E-state index contributed by atoms with van der Waals surface area (Å²) in [5.41, 5.74) is 7.84. The fraction of sp³-hybridized carbons (Fsp3) is 0.429. The van der Waals surface area contributed by atoms with Crippen molar-refractivity contribution >= 4 is 11.7 Å². The first-order valence-electron chi connectivity index (χ1n) is 6.35. The van der Waals surface area contributed by atoms with Crippen LogP contribution in [0, 0.1) is 0 Å². The van der Waals surface area contributed by atoms with Gasteiger partial charge in [-0.3, -0.25) is 4.79 Å². The Bertz CT molecular complexity index is 513. The van der Waals surface area contributed by atoms with Crippen LogP contribution in [0.5, 0.6) is 0 Å². The molecule has 2 atom stereocenters. The summed E-state index contributed by atoms with van der Waals surface area (Å²) in [6, 6.07) is 7.92. The third-order valence-electron chi connectivity index (χ3n) is 3.79. The van der Waals surface area contributed by atoms with Crippen LogP contribution in [0.15, 0.2) is 29.4 Å². The number of rotatable bonds is 4. The summed E-state index contributed by atoms with van der Waals surface area (Å²) >= 11 is 0. The normalized spacial score (nSPS) is 19.3. The number of benzene rings is 1. The van der Waals surface area contributed by atoms with E-state index >= 15 is 0 Å². The van der Waals surface area contributed by atoms with Gasteiger partial charge in [0.2, 0.25) is 5.91 Å². The molecule has 5 nitrogen and oxygen atoms in total. The van der Waals surface area contributed by atoms with Crippen molar-refractivity contribution in [2.24, 2.45) is 10.9 Å². The first-order chi connectivity index (χ1) is 9.04. The van der Waals surface area contributed by atoms with Gasteiger partial charge in [-0.05, 0) is 24.5 Å². The zero-order valence-electron chi connectivity index (χ0n) is 11.2. The molecule has 102 valence electrons. The van der Waals surface area contributed by atoms with Gasteiger partial charge in [0.25, 0.3) is 0 Å². The number of hydrogen-bond acceptors (Lipinski definition) is 3. The summed E-state index contributed by atoms with van der Waals surface area (Å²) in [6.07, 6.45) is 1.17. The van der Waals surface area contributed by atoms with Crippen LogP contribution in [0.2, 0.25) is 0 Å². The molecule has 3 N–H and O–H groups in total. The third kappa shape index (κ3) is 2.54. The van der Waals surface area contributed by atoms with E-state index in [2.05, 4.69) is 11.2 Å². The van der Waals surface area contributed by atoms with Crippen molar-refractivity contribution < 1.29 is 10.0 Å². The molecule has 1 aliphatic rings. The van der Waals surface area contributed by atoms with Crippen LogP contribution in [0.1, 0.15) is 30.4 Å². The predicted octanol–water partition coefficient (Wildman–Crippen LogP) is 1.31. The molecule has 0 fully saturated rings. The Kier molecular flexibility index (Phi) is 3.74. The summed E-state index contributed by atoms with van der Waals surface area (Å²) in [4.78, 5) is 14.1. The van der Waals surface area contributed by atoms with Crippen LogP contribution >= 0.6 is 0 Å². The number of carbonyl (C=O) groups is 1. The van der Waals surface area contributed by atoms with Crippen molar-refractivity contribution in [2.45, 2.75) is 31.7 Å². The highest BCUT2D eigenvalue weighted by Crippen LogP contribution is 2.36. The Labute approximate surface area is 112 Å². The SMILES string of the molecule is CC(CC(N)=NO)N(C)C(=O)C1Cc2ccccc21. The molecule has 0 heterocycles. The average molecular weight is 261 g/mol. The maximum Gasteiger partial charge on any atom is 0.230 e. The number of oxime groups is 1. The maximum atomic E-state index is 12.4. The molecule has 0 aliphatic heterocycles. The molecule has 0 bridgehead atoms. The average Bonchev–Trinajstić information content (AvgIpc) is 2.38. The van der Waals surface area contributed by atoms with E-state index in [1.165, 1.54) is 5.56 Å². The lowest BCUT2D eigenvalue weighted by Gasteiger charge is -2.34. The number of fused-ring (bicyclic) bond motifs is 1. The standard InChI is InChI=1S/C14H19N3O2/c1-9(7-13(15)16-19)17(2)14(18)12-8-10-5-3-4-6-11(10)12/h3-6,9,12,19H,7-8H2,1-2H3,(H2,15,16). The number of amidine groups is 1. The van der Waals surface area contributed by atoms with Crippen LogP contribution in [0.4, 0.5) is 0 Å². The summed E-state index contributed by atoms with van der Waals surface area (Å²) in [5, 5.41) is 11.5. The molecule has 2 rings (SSSR count). The van der Waals surface area contributed by atoms with Crippen molar-refractivity contribution in [3.8, 4) is 0 Å². The molecule has 1 aromatic rings. The molecule has 0 saturated carbocycles. The Hall–Kier alpha value is -2.04. The first-order valence-corrected chi connectivity index (χ1v) is 6.35. The van der Waals surface area contributed by atoms with Gasteiger partial charge in [0.05, 0.1) is 5.92 Å². The number of likely N-dealkylation sites (N-methyl/N-ethyl adjacent to an activating group) is 1. The van der Waals surface area contributed by atoms with Gasteiger partial charge in [-0.25, -0.2) is 0 Å². The van der Waals surface area contributed by atoms with Gasteiger partial charge in [-0.15, -0.1) is 0 Å². The number of carbonyl (C=O) groups excluding carboxylic acids is 1. The van der Waals surface area contributed by atoms with Crippen molar-refractivity contribution in [2.75, 3.05) is 7.05 Å². The Morgan fingerprint density at radius 2 is 2.26 bits per heavy atom. The molecule has 1 amide bonds. The van der Waals surface area contributed by atoms with Crippen molar-refractivity contribution in [3.05, 3.63) is 35.4 Å². The van der Waals surface area contributed by atoms with Crippen LogP contribution in [0.25, 0.3) is 0 Å². The van der Waals surface area contributed by atoms with E-state index in [-0.39, 0.29) is 23.7 Å². The fourth-order valence-electron chi connectivity index (χ4n) is 2.42. The van der Waals surface area contributed by atoms with Crippen LogP contribution in [-0.2, 0) is 11.2 Å². The van der Waals surface area contributed by atoms with Gasteiger partial charge in [0.1, 0.15) is 5.84 Å². The summed E-state index contributed by atoms with van der Waals surface area (Å²) in [7, 11) is 1.76. The smallest absolute Gasteiger partial charge is 0.230 e. The largest absolute Gasteiger partial charge is 0.409 e. The maximum absolute atomic E-state index is 12.4. The highest BCUT2D eigenvalue weighted by Gasteiger charge is 2.34. The summed E-state index contributed by atoms with van der Waals surface area (Å²) < 4.78 is 0. The fourth-order valence-corrected chi connectivity index (χ4v) is 2.42. The minimum atomic E-state index is -0.0869. The van der Waals surface area contributed by atoms with E-state index in [0.29, 0.717) is 6.42 Å². The Morgan fingerprint density at radius 1 is 1.58 bits per heavy atom. The van der Waals surface area contributed by atoms with Gasteiger partial charge in [-0.1, -0.05) is 29.4 Å². The Balaban J connectivity index is 2.02. The monoisotopic (exact) mass is 261 g/mol. The Morgan fingerprint density at radius 3 is 2.89 bits per heavy atom. The third-order valence-corrected chi connectivity index (χ3v) is 3.79. The number of nitrogens with zero attached hydrogens (tertiary/aromatic N) is 2. The van der Waals surface area contributed by atoms with Crippen LogP contribution in [0.3, 0.4) is 0 Å². The van der Waals surface area contributed by atoms with Crippen LogP contribution < -0.4 is 5.73 Å². The highest BCUT2D eigenvalue weighted by molar-refractivity contribution is 5.88. The van der Waals surface area contributed by atoms with Gasteiger partial charge in [-0.2, -0.15) is 0 Å². The van der Waals surface area contributed by atoms with E-state index in [4.69, 9.17) is 10.9 Å². The second-order valence-corrected chi connectivity index (χ2v) is 5.05. The summed E-state index contributed by atoms with van der Waals surface area (Å²) in [6.45, 7) is 1.89. The number of nitrogens with two attached hydrogens (primary N) is 1. The van der Waals surface area contributed by atoms with E-state index < -0.39 is 0 Å². The molecular weight excluding hydrogens is 242 g/mol. The molecule has 5 heteroatoms. The lowest BCUT2D eigenvalue weighted by atomic mass is 9.76.